The Morgan fingerprint density at radius 3 is 2.26 bits per heavy atom. The van der Waals surface area contributed by atoms with Crippen LogP contribution in [0.3, 0.4) is 0 Å². The summed E-state index contributed by atoms with van der Waals surface area (Å²) < 4.78 is 16.6. The Balaban J connectivity index is 1.59. The van der Waals surface area contributed by atoms with E-state index in [0.717, 1.165) is 31.6 Å². The van der Waals surface area contributed by atoms with Gasteiger partial charge in [-0.2, -0.15) is 0 Å². The molecule has 4 rings (SSSR count). The zero-order valence-corrected chi connectivity index (χ0v) is 25.6. The number of carbonyl (C=O) groups excluding carboxylic acids is 1. The predicted octanol–water partition coefficient (Wildman–Crippen LogP) is 6.01. The second kappa shape index (κ2) is 15.3. The van der Waals surface area contributed by atoms with Gasteiger partial charge in [-0.1, -0.05) is 24.6 Å². The fourth-order valence-electron chi connectivity index (χ4n) is 6.78. The van der Waals surface area contributed by atoms with E-state index in [4.69, 9.17) is 25.0 Å². The summed E-state index contributed by atoms with van der Waals surface area (Å²) in [4.78, 5) is 18.9. The lowest BCUT2D eigenvalue weighted by atomic mass is 9.69. The number of para-hydroxylation sites is 1. The van der Waals surface area contributed by atoms with E-state index in [2.05, 4.69) is 9.80 Å². The molecular formula is C34H48N4O4. The number of likely N-dealkylation sites (tertiary alicyclic amines) is 2. The van der Waals surface area contributed by atoms with Crippen LogP contribution in [0.5, 0.6) is 17.2 Å². The van der Waals surface area contributed by atoms with E-state index in [-0.39, 0.29) is 17.9 Å². The summed E-state index contributed by atoms with van der Waals surface area (Å²) in [6, 6.07) is 13.7. The first-order chi connectivity index (χ1) is 20.4. The van der Waals surface area contributed by atoms with Crippen LogP contribution < -0.4 is 14.2 Å². The maximum absolute atomic E-state index is 13.6. The number of ketones is 1. The number of rotatable bonds is 15. The normalized spacial score (nSPS) is 18.2. The van der Waals surface area contributed by atoms with Crippen molar-refractivity contribution in [3.05, 3.63) is 53.6 Å². The third-order valence-electron chi connectivity index (χ3n) is 9.27. The molecule has 2 heterocycles. The molecule has 2 saturated heterocycles. The standard InChI is InChI=1S/C34H48N4O4/c1-40-30-11-6-5-10-28(30)33(39)29(36)25-34(16-9-18-35,26-12-13-31(41-2)32(24-26)42-3)17-23-37-21-14-27(15-22-37)38-19-7-4-8-20-38/h5-6,10-13,18,24,27,35-36H,4,7-9,14-17,19-23,25H2,1-3H3/t34-/m0/s1. The first-order valence-corrected chi connectivity index (χ1v) is 15.4. The molecule has 2 aliphatic rings. The maximum atomic E-state index is 13.6. The molecule has 8 nitrogen and oxygen atoms in total. The zero-order valence-electron chi connectivity index (χ0n) is 25.6. The number of nitrogens with zero attached hydrogens (tertiary/aromatic N) is 2. The molecule has 2 aromatic carbocycles. The van der Waals surface area contributed by atoms with E-state index < -0.39 is 5.41 Å². The largest absolute Gasteiger partial charge is 0.496 e. The highest BCUT2D eigenvalue weighted by atomic mass is 16.5. The van der Waals surface area contributed by atoms with Gasteiger partial charge in [-0.25, -0.2) is 0 Å². The molecule has 0 spiro atoms. The first-order valence-electron chi connectivity index (χ1n) is 15.4. The van der Waals surface area contributed by atoms with Gasteiger partial charge in [-0.3, -0.25) is 4.79 Å². The SMILES string of the molecule is COc1ccc([C@@](CCC=N)(CCN2CCC(N3CCCCC3)CC2)CC(=N)C(=O)c2ccccc2OC)cc1OC. The lowest BCUT2D eigenvalue weighted by Gasteiger charge is -2.42. The van der Waals surface area contributed by atoms with Crippen molar-refractivity contribution < 1.29 is 19.0 Å². The lowest BCUT2D eigenvalue weighted by Crippen LogP contribution is -2.47. The van der Waals surface area contributed by atoms with E-state index in [0.29, 0.717) is 41.7 Å². The van der Waals surface area contributed by atoms with Gasteiger partial charge < -0.3 is 34.8 Å². The molecule has 8 heteroatoms. The van der Waals surface area contributed by atoms with Crippen LogP contribution in [0.1, 0.15) is 73.7 Å². The third-order valence-corrected chi connectivity index (χ3v) is 9.27. The summed E-state index contributed by atoms with van der Waals surface area (Å²) in [7, 11) is 4.79. The van der Waals surface area contributed by atoms with Gasteiger partial charge in [0.05, 0.1) is 32.6 Å². The van der Waals surface area contributed by atoms with E-state index in [1.165, 1.54) is 51.4 Å². The highest BCUT2D eigenvalue weighted by Gasteiger charge is 2.37. The predicted molar refractivity (Wildman–Crippen MR) is 168 cm³/mol. The molecule has 2 aliphatic heterocycles. The Hall–Kier alpha value is -3.23. The molecule has 0 amide bonds. The molecule has 42 heavy (non-hydrogen) atoms. The van der Waals surface area contributed by atoms with Crippen molar-refractivity contribution in [2.75, 3.05) is 54.1 Å². The molecule has 0 aromatic heterocycles. The number of benzene rings is 2. The van der Waals surface area contributed by atoms with Crippen LogP contribution in [-0.2, 0) is 5.41 Å². The van der Waals surface area contributed by atoms with Gasteiger partial charge >= 0.3 is 0 Å². The van der Waals surface area contributed by atoms with Crippen molar-refractivity contribution in [3.8, 4) is 17.2 Å². The van der Waals surface area contributed by atoms with Crippen molar-refractivity contribution in [1.82, 2.24) is 9.80 Å². The molecule has 1 atom stereocenters. The van der Waals surface area contributed by atoms with E-state index >= 15 is 0 Å². The minimum absolute atomic E-state index is 0.0445. The fourth-order valence-corrected chi connectivity index (χ4v) is 6.78. The molecule has 228 valence electrons. The number of methoxy groups -OCH3 is 3. The van der Waals surface area contributed by atoms with Crippen LogP contribution in [-0.4, -0.2) is 87.6 Å². The van der Waals surface area contributed by atoms with Gasteiger partial charge in [-0.05, 0) is 114 Å². The summed E-state index contributed by atoms with van der Waals surface area (Å²) >= 11 is 0. The minimum atomic E-state index is -0.532. The number of Topliss-reactive ketones (excluding diaryl/α,β-unsaturated/α-hetero) is 1. The number of hydrogen-bond acceptors (Lipinski definition) is 8. The van der Waals surface area contributed by atoms with Crippen LogP contribution in [0.2, 0.25) is 0 Å². The molecular weight excluding hydrogens is 528 g/mol. The summed E-state index contributed by atoms with van der Waals surface area (Å²) in [5.74, 6) is 1.41. The summed E-state index contributed by atoms with van der Waals surface area (Å²) in [5, 5.41) is 16.9. The third kappa shape index (κ3) is 7.58. The number of nitrogens with one attached hydrogen (secondary N) is 2. The van der Waals surface area contributed by atoms with Crippen LogP contribution in [0, 0.1) is 10.8 Å². The molecule has 0 radical (unpaired) electrons. The average molecular weight is 577 g/mol. The zero-order chi connectivity index (χ0) is 30.0. The van der Waals surface area contributed by atoms with Gasteiger partial charge in [0.2, 0.25) is 5.78 Å². The molecule has 2 N–H and O–H groups in total. The van der Waals surface area contributed by atoms with E-state index in [9.17, 15) is 4.79 Å². The summed E-state index contributed by atoms with van der Waals surface area (Å²) in [5.41, 5.74) is 0.916. The van der Waals surface area contributed by atoms with E-state index in [1.807, 2.05) is 24.3 Å². The van der Waals surface area contributed by atoms with Crippen LogP contribution >= 0.6 is 0 Å². The molecule has 0 unspecified atom stereocenters. The van der Waals surface area contributed by atoms with Crippen molar-refractivity contribution in [3.63, 3.8) is 0 Å². The van der Waals surface area contributed by atoms with Gasteiger partial charge in [0, 0.05) is 17.9 Å². The topological polar surface area (TPSA) is 98.9 Å². The van der Waals surface area contributed by atoms with Gasteiger partial charge in [-0.15, -0.1) is 0 Å². The summed E-state index contributed by atoms with van der Waals surface area (Å²) in [6.07, 6.45) is 10.0. The Morgan fingerprint density at radius 1 is 0.905 bits per heavy atom. The molecule has 0 saturated carbocycles. The van der Waals surface area contributed by atoms with Crippen molar-refractivity contribution in [2.45, 2.75) is 69.2 Å². The molecule has 0 aliphatic carbocycles. The van der Waals surface area contributed by atoms with E-state index in [1.54, 1.807) is 39.5 Å². The Kier molecular flexibility index (Phi) is 11.5. The Labute approximate surface area is 251 Å². The molecule has 2 aromatic rings. The van der Waals surface area contributed by atoms with Gasteiger partial charge in [0.15, 0.2) is 11.5 Å². The molecule has 0 bridgehead atoms. The lowest BCUT2D eigenvalue weighted by molar-refractivity contribution is 0.0883. The monoisotopic (exact) mass is 576 g/mol. The second-order valence-electron chi connectivity index (χ2n) is 11.7. The number of piperidine rings is 2. The minimum Gasteiger partial charge on any atom is -0.496 e. The number of hydrogen-bond donors (Lipinski definition) is 2. The van der Waals surface area contributed by atoms with Crippen LogP contribution in [0.25, 0.3) is 0 Å². The average Bonchev–Trinajstić information content (AvgIpc) is 3.05. The van der Waals surface area contributed by atoms with Crippen molar-refractivity contribution in [1.29, 1.82) is 10.8 Å². The molecule has 2 fully saturated rings. The Morgan fingerprint density at radius 2 is 1.60 bits per heavy atom. The quantitative estimate of drug-likeness (QED) is 0.199. The highest BCUT2D eigenvalue weighted by Crippen LogP contribution is 2.42. The van der Waals surface area contributed by atoms with Crippen molar-refractivity contribution >= 4 is 17.7 Å². The van der Waals surface area contributed by atoms with Crippen molar-refractivity contribution in [2.24, 2.45) is 0 Å². The van der Waals surface area contributed by atoms with Gasteiger partial charge in [0.25, 0.3) is 0 Å². The smallest absolute Gasteiger partial charge is 0.210 e. The highest BCUT2D eigenvalue weighted by molar-refractivity contribution is 6.45. The van der Waals surface area contributed by atoms with Crippen LogP contribution in [0.15, 0.2) is 42.5 Å². The fraction of sp³-hybridized carbons (Fsp3) is 0.559. The summed E-state index contributed by atoms with van der Waals surface area (Å²) in [6.45, 7) is 5.46. The first kappa shape index (κ1) is 31.7. The second-order valence-corrected chi connectivity index (χ2v) is 11.7. The number of carbonyl (C=O) groups is 1. The Bertz CT molecular complexity index is 1200. The van der Waals surface area contributed by atoms with Gasteiger partial charge in [0.1, 0.15) is 5.75 Å². The maximum Gasteiger partial charge on any atom is 0.210 e. The van der Waals surface area contributed by atoms with Crippen LogP contribution in [0.4, 0.5) is 0 Å². The number of ether oxygens (including phenoxy) is 3.